The van der Waals surface area contributed by atoms with Gasteiger partial charge in [-0.2, -0.15) is 0 Å². The molecule has 0 aliphatic carbocycles. The minimum Gasteiger partial charge on any atom is -0.491 e. The molecule has 0 aromatic heterocycles. The van der Waals surface area contributed by atoms with E-state index in [9.17, 15) is 8.78 Å². The summed E-state index contributed by atoms with van der Waals surface area (Å²) in [5, 5.41) is 3.05. The molecule has 1 N–H and O–H groups in total. The van der Waals surface area contributed by atoms with Gasteiger partial charge in [0.2, 0.25) is 0 Å². The molecule has 0 heterocycles. The lowest BCUT2D eigenvalue weighted by Gasteiger charge is -2.06. The van der Waals surface area contributed by atoms with Gasteiger partial charge < -0.3 is 10.1 Å². The minimum atomic E-state index is -0.643. The van der Waals surface area contributed by atoms with Crippen LogP contribution in [0.4, 0.5) is 8.78 Å². The van der Waals surface area contributed by atoms with Crippen molar-refractivity contribution in [2.45, 2.75) is 19.3 Å². The highest BCUT2D eigenvalue weighted by atomic mass is 19.1. The number of nitrogens with one attached hydrogen (secondary N) is 1. The maximum absolute atomic E-state index is 13.1. The molecule has 90 valence electrons. The zero-order valence-corrected chi connectivity index (χ0v) is 9.43. The summed E-state index contributed by atoms with van der Waals surface area (Å²) in [7, 11) is 1.91. The van der Waals surface area contributed by atoms with E-state index < -0.39 is 11.6 Å². The standard InChI is InChI=1S/C12H17F2NO/c1-15-7-3-2-4-8-16-12-6-5-10(13)9-11(12)14/h5-6,9,15H,2-4,7-8H2,1H3. The van der Waals surface area contributed by atoms with Gasteiger partial charge in [0.25, 0.3) is 0 Å². The summed E-state index contributed by atoms with van der Waals surface area (Å²) in [6, 6.07) is 3.34. The first-order valence-corrected chi connectivity index (χ1v) is 5.46. The monoisotopic (exact) mass is 229 g/mol. The molecule has 1 aromatic rings. The van der Waals surface area contributed by atoms with Gasteiger partial charge in [0.1, 0.15) is 5.82 Å². The molecule has 1 aromatic carbocycles. The summed E-state index contributed by atoms with van der Waals surface area (Å²) in [5.74, 6) is -1.11. The highest BCUT2D eigenvalue weighted by Gasteiger charge is 2.03. The number of ether oxygens (including phenoxy) is 1. The number of rotatable bonds is 7. The molecule has 2 nitrogen and oxygen atoms in total. The molecule has 0 unspecified atom stereocenters. The topological polar surface area (TPSA) is 21.3 Å². The van der Waals surface area contributed by atoms with Crippen LogP contribution < -0.4 is 10.1 Å². The fraction of sp³-hybridized carbons (Fsp3) is 0.500. The van der Waals surface area contributed by atoms with E-state index in [0.717, 1.165) is 31.9 Å². The number of hydrogen-bond acceptors (Lipinski definition) is 2. The largest absolute Gasteiger partial charge is 0.491 e. The van der Waals surface area contributed by atoms with Crippen molar-refractivity contribution in [2.24, 2.45) is 0 Å². The molecule has 0 saturated heterocycles. The summed E-state index contributed by atoms with van der Waals surface area (Å²) >= 11 is 0. The summed E-state index contributed by atoms with van der Waals surface area (Å²) in [6.07, 6.45) is 2.98. The lowest BCUT2D eigenvalue weighted by atomic mass is 10.2. The molecule has 0 bridgehead atoms. The van der Waals surface area contributed by atoms with Crippen LogP contribution in [0.1, 0.15) is 19.3 Å². The second-order valence-electron chi connectivity index (χ2n) is 3.59. The van der Waals surface area contributed by atoms with E-state index in [2.05, 4.69) is 5.32 Å². The summed E-state index contributed by atoms with van der Waals surface area (Å²) < 4.78 is 30.9. The van der Waals surface area contributed by atoms with Crippen LogP contribution in [0.25, 0.3) is 0 Å². The fourth-order valence-electron chi connectivity index (χ4n) is 1.36. The molecule has 0 aliphatic heterocycles. The molecular weight excluding hydrogens is 212 g/mol. The van der Waals surface area contributed by atoms with E-state index in [4.69, 9.17) is 4.74 Å². The maximum atomic E-state index is 13.1. The van der Waals surface area contributed by atoms with Crippen molar-refractivity contribution in [1.29, 1.82) is 0 Å². The van der Waals surface area contributed by atoms with Crippen molar-refractivity contribution in [3.63, 3.8) is 0 Å². The van der Waals surface area contributed by atoms with Gasteiger partial charge in [0.05, 0.1) is 6.61 Å². The fourth-order valence-corrected chi connectivity index (χ4v) is 1.36. The van der Waals surface area contributed by atoms with E-state index in [0.29, 0.717) is 6.61 Å². The van der Waals surface area contributed by atoms with E-state index in [1.165, 1.54) is 12.1 Å². The molecule has 0 spiro atoms. The first kappa shape index (κ1) is 12.9. The highest BCUT2D eigenvalue weighted by molar-refractivity contribution is 5.24. The Labute approximate surface area is 94.6 Å². The lowest BCUT2D eigenvalue weighted by Crippen LogP contribution is -2.08. The SMILES string of the molecule is CNCCCCCOc1ccc(F)cc1F. The molecule has 16 heavy (non-hydrogen) atoms. The molecule has 0 aliphatic rings. The van der Waals surface area contributed by atoms with Crippen LogP contribution in [0.3, 0.4) is 0 Å². The predicted molar refractivity (Wildman–Crippen MR) is 59.6 cm³/mol. The zero-order chi connectivity index (χ0) is 11.8. The Morgan fingerprint density at radius 1 is 1.19 bits per heavy atom. The Hall–Kier alpha value is -1.16. The Kier molecular flexibility index (Phi) is 5.78. The Morgan fingerprint density at radius 2 is 2.00 bits per heavy atom. The third-order valence-electron chi connectivity index (χ3n) is 2.22. The lowest BCUT2D eigenvalue weighted by molar-refractivity contribution is 0.289. The number of halogens is 2. The van der Waals surface area contributed by atoms with Crippen molar-refractivity contribution < 1.29 is 13.5 Å². The van der Waals surface area contributed by atoms with Gasteiger partial charge in [0.15, 0.2) is 11.6 Å². The normalized spacial score (nSPS) is 10.4. The molecule has 0 saturated carbocycles. The second kappa shape index (κ2) is 7.17. The first-order chi connectivity index (χ1) is 7.74. The zero-order valence-electron chi connectivity index (χ0n) is 9.43. The van der Waals surface area contributed by atoms with Crippen molar-refractivity contribution >= 4 is 0 Å². The van der Waals surface area contributed by atoms with E-state index >= 15 is 0 Å². The van der Waals surface area contributed by atoms with Gasteiger partial charge >= 0.3 is 0 Å². The van der Waals surface area contributed by atoms with Gasteiger partial charge in [-0.25, -0.2) is 8.78 Å². The Morgan fingerprint density at radius 3 is 2.69 bits per heavy atom. The van der Waals surface area contributed by atoms with Gasteiger partial charge in [-0.05, 0) is 45.0 Å². The summed E-state index contributed by atoms with van der Waals surface area (Å²) in [4.78, 5) is 0. The Balaban J connectivity index is 2.21. The third-order valence-corrected chi connectivity index (χ3v) is 2.22. The van der Waals surface area contributed by atoms with E-state index in [1.54, 1.807) is 0 Å². The maximum Gasteiger partial charge on any atom is 0.167 e. The average molecular weight is 229 g/mol. The smallest absolute Gasteiger partial charge is 0.167 e. The molecule has 0 fully saturated rings. The number of hydrogen-bond donors (Lipinski definition) is 1. The number of unbranched alkanes of at least 4 members (excludes halogenated alkanes) is 2. The van der Waals surface area contributed by atoms with Crippen molar-refractivity contribution in [3.05, 3.63) is 29.8 Å². The van der Waals surface area contributed by atoms with Gasteiger partial charge in [-0.3, -0.25) is 0 Å². The minimum absolute atomic E-state index is 0.120. The first-order valence-electron chi connectivity index (χ1n) is 5.46. The summed E-state index contributed by atoms with van der Waals surface area (Å²) in [6.45, 7) is 1.44. The van der Waals surface area contributed by atoms with Crippen LogP contribution in [0, 0.1) is 11.6 Å². The van der Waals surface area contributed by atoms with E-state index in [-0.39, 0.29) is 5.75 Å². The third kappa shape index (κ3) is 4.57. The van der Waals surface area contributed by atoms with Crippen molar-refractivity contribution in [1.82, 2.24) is 5.32 Å². The number of benzene rings is 1. The van der Waals surface area contributed by atoms with Crippen LogP contribution >= 0.6 is 0 Å². The molecular formula is C12H17F2NO. The molecule has 0 radical (unpaired) electrons. The van der Waals surface area contributed by atoms with Gasteiger partial charge in [0, 0.05) is 6.07 Å². The molecule has 0 amide bonds. The van der Waals surface area contributed by atoms with Gasteiger partial charge in [-0.1, -0.05) is 0 Å². The van der Waals surface area contributed by atoms with Crippen LogP contribution in [0.5, 0.6) is 5.75 Å². The van der Waals surface area contributed by atoms with Crippen LogP contribution in [-0.2, 0) is 0 Å². The highest BCUT2D eigenvalue weighted by Crippen LogP contribution is 2.17. The van der Waals surface area contributed by atoms with Crippen LogP contribution in [0.2, 0.25) is 0 Å². The quantitative estimate of drug-likeness (QED) is 0.726. The van der Waals surface area contributed by atoms with Crippen LogP contribution in [-0.4, -0.2) is 20.2 Å². The molecule has 4 heteroatoms. The average Bonchev–Trinajstić information content (AvgIpc) is 2.26. The van der Waals surface area contributed by atoms with Gasteiger partial charge in [-0.15, -0.1) is 0 Å². The molecule has 0 atom stereocenters. The van der Waals surface area contributed by atoms with Crippen molar-refractivity contribution in [3.8, 4) is 5.75 Å². The second-order valence-corrected chi connectivity index (χ2v) is 3.59. The van der Waals surface area contributed by atoms with E-state index in [1.807, 2.05) is 7.05 Å². The Bertz CT molecular complexity index is 318. The summed E-state index contributed by atoms with van der Waals surface area (Å²) in [5.41, 5.74) is 0. The predicted octanol–water partition coefficient (Wildman–Crippen LogP) is 2.73. The molecule has 1 rings (SSSR count). The van der Waals surface area contributed by atoms with Crippen LogP contribution in [0.15, 0.2) is 18.2 Å². The van der Waals surface area contributed by atoms with Crippen molar-refractivity contribution in [2.75, 3.05) is 20.2 Å².